The summed E-state index contributed by atoms with van der Waals surface area (Å²) in [5.41, 5.74) is 1.63. The van der Waals surface area contributed by atoms with Crippen molar-refractivity contribution in [3.63, 3.8) is 0 Å². The third-order valence-corrected chi connectivity index (χ3v) is 4.50. The van der Waals surface area contributed by atoms with Crippen LogP contribution in [0.3, 0.4) is 0 Å². The van der Waals surface area contributed by atoms with Gasteiger partial charge < -0.3 is 23.0 Å². The topological polar surface area (TPSA) is 101 Å². The number of carbonyl (C=O) groups is 2. The summed E-state index contributed by atoms with van der Waals surface area (Å²) < 4.78 is 26.7. The fourth-order valence-electron chi connectivity index (χ4n) is 2.87. The molecule has 0 N–H and O–H groups in total. The minimum absolute atomic E-state index is 0.136. The first kappa shape index (κ1) is 21.2. The predicted octanol–water partition coefficient (Wildman–Crippen LogP) is 3.90. The van der Waals surface area contributed by atoms with Gasteiger partial charge in [0, 0.05) is 6.42 Å². The van der Waals surface area contributed by atoms with Crippen molar-refractivity contribution >= 4 is 11.8 Å². The number of rotatable bonds is 10. The summed E-state index contributed by atoms with van der Waals surface area (Å²) in [6, 6.07) is 9.09. The summed E-state index contributed by atoms with van der Waals surface area (Å²) >= 11 is 0. The number of benzene rings is 1. The van der Waals surface area contributed by atoms with Gasteiger partial charge in [0.15, 0.2) is 17.3 Å². The van der Waals surface area contributed by atoms with Crippen LogP contribution in [0.25, 0.3) is 11.7 Å². The Morgan fingerprint density at radius 3 is 2.67 bits per heavy atom. The van der Waals surface area contributed by atoms with Crippen LogP contribution in [0.5, 0.6) is 11.5 Å². The van der Waals surface area contributed by atoms with E-state index in [0.717, 1.165) is 5.56 Å². The zero-order valence-electron chi connectivity index (χ0n) is 17.1. The van der Waals surface area contributed by atoms with Crippen molar-refractivity contribution in [2.45, 2.75) is 32.8 Å². The first-order chi connectivity index (χ1) is 14.5. The summed E-state index contributed by atoms with van der Waals surface area (Å²) in [6.45, 7) is 2.02. The molecule has 2 heterocycles. The maximum absolute atomic E-state index is 11.5. The molecule has 0 radical (unpaired) electrons. The van der Waals surface area contributed by atoms with Gasteiger partial charge in [-0.15, -0.1) is 0 Å². The van der Waals surface area contributed by atoms with E-state index < -0.39 is 11.8 Å². The second-order valence-corrected chi connectivity index (χ2v) is 6.54. The van der Waals surface area contributed by atoms with Crippen LogP contribution in [0.2, 0.25) is 0 Å². The van der Waals surface area contributed by atoms with Crippen LogP contribution in [-0.2, 0) is 27.4 Å². The Kier molecular flexibility index (Phi) is 6.90. The number of ether oxygens (including phenoxy) is 3. The largest absolute Gasteiger partial charge is 0.493 e. The highest BCUT2D eigenvalue weighted by Crippen LogP contribution is 2.30. The van der Waals surface area contributed by atoms with Gasteiger partial charge in [-0.2, -0.15) is 0 Å². The first-order valence-electron chi connectivity index (χ1n) is 9.43. The zero-order valence-corrected chi connectivity index (χ0v) is 17.1. The Morgan fingerprint density at radius 2 is 1.97 bits per heavy atom. The van der Waals surface area contributed by atoms with Crippen LogP contribution in [0.4, 0.5) is 0 Å². The molecule has 3 aromatic rings. The van der Waals surface area contributed by atoms with E-state index in [1.165, 1.54) is 7.11 Å². The summed E-state index contributed by atoms with van der Waals surface area (Å²) in [6.07, 6.45) is 2.85. The molecule has 1 aromatic carbocycles. The van der Waals surface area contributed by atoms with E-state index in [2.05, 4.69) is 9.72 Å². The lowest BCUT2D eigenvalue weighted by Gasteiger charge is -2.11. The van der Waals surface area contributed by atoms with Gasteiger partial charge in [-0.25, -0.2) is 9.78 Å². The number of aryl methyl sites for hydroxylation is 2. The number of carbonyl (C=O) groups excluding carboxylic acids is 2. The third kappa shape index (κ3) is 5.08. The molecule has 158 valence electrons. The van der Waals surface area contributed by atoms with Gasteiger partial charge in [-0.3, -0.25) is 4.79 Å². The second-order valence-electron chi connectivity index (χ2n) is 6.54. The van der Waals surface area contributed by atoms with Crippen molar-refractivity contribution in [3.8, 4) is 23.1 Å². The molecule has 0 bridgehead atoms. The molecule has 0 aliphatic carbocycles. The molecule has 0 amide bonds. The number of oxazole rings is 1. The minimum atomic E-state index is -0.810. The Balaban J connectivity index is 1.60. The molecule has 0 saturated carbocycles. The summed E-state index contributed by atoms with van der Waals surface area (Å²) in [5, 5.41) is 0. The molecule has 0 unspecified atom stereocenters. The molecule has 0 fully saturated rings. The van der Waals surface area contributed by atoms with Gasteiger partial charge in [-0.05, 0) is 49.6 Å². The van der Waals surface area contributed by atoms with Crippen molar-refractivity contribution in [3.05, 3.63) is 53.6 Å². The average Bonchev–Trinajstić information content (AvgIpc) is 3.41. The highest BCUT2D eigenvalue weighted by molar-refractivity contribution is 6.33. The van der Waals surface area contributed by atoms with Gasteiger partial charge in [0.25, 0.3) is 5.89 Å². The van der Waals surface area contributed by atoms with Gasteiger partial charge in [0.2, 0.25) is 5.78 Å². The van der Waals surface area contributed by atoms with Crippen LogP contribution >= 0.6 is 0 Å². The van der Waals surface area contributed by atoms with Crippen molar-refractivity contribution in [1.29, 1.82) is 0 Å². The van der Waals surface area contributed by atoms with Gasteiger partial charge in [-0.1, -0.05) is 6.07 Å². The maximum atomic E-state index is 11.5. The molecule has 2 aromatic heterocycles. The average molecular weight is 413 g/mol. The van der Waals surface area contributed by atoms with E-state index in [1.807, 2.05) is 19.1 Å². The molecule has 0 saturated heterocycles. The SMILES string of the molecule is COC(=O)C(=O)CCCc1ccc(OCc2nc(-c3ccco3)oc2C)c(OC)c1. The Hall–Kier alpha value is -3.55. The Labute approximate surface area is 173 Å². The first-order valence-corrected chi connectivity index (χ1v) is 9.43. The summed E-state index contributed by atoms with van der Waals surface area (Å²) in [7, 11) is 2.76. The van der Waals surface area contributed by atoms with Gasteiger partial charge in [0.05, 0.1) is 20.5 Å². The molecular formula is C22H23NO7. The van der Waals surface area contributed by atoms with E-state index in [4.69, 9.17) is 18.3 Å². The van der Waals surface area contributed by atoms with Crippen LogP contribution in [0, 0.1) is 6.92 Å². The molecule has 8 heteroatoms. The second kappa shape index (κ2) is 9.78. The molecule has 0 spiro atoms. The van der Waals surface area contributed by atoms with Crippen LogP contribution in [0.1, 0.15) is 29.9 Å². The minimum Gasteiger partial charge on any atom is -0.493 e. The highest BCUT2D eigenvalue weighted by Gasteiger charge is 2.16. The van der Waals surface area contributed by atoms with Crippen molar-refractivity contribution in [2.24, 2.45) is 0 Å². The van der Waals surface area contributed by atoms with Gasteiger partial charge in [0.1, 0.15) is 18.1 Å². The number of Topliss-reactive ketones (excluding diaryl/α,β-unsaturated/α-hetero) is 1. The van der Waals surface area contributed by atoms with Crippen LogP contribution < -0.4 is 9.47 Å². The van der Waals surface area contributed by atoms with Crippen molar-refractivity contribution in [2.75, 3.05) is 14.2 Å². The number of aromatic nitrogens is 1. The summed E-state index contributed by atoms with van der Waals surface area (Å²) in [5.74, 6) is 1.40. The predicted molar refractivity (Wildman–Crippen MR) is 106 cm³/mol. The third-order valence-electron chi connectivity index (χ3n) is 4.50. The molecule has 8 nitrogen and oxygen atoms in total. The van der Waals surface area contributed by atoms with E-state index in [0.29, 0.717) is 47.4 Å². The zero-order chi connectivity index (χ0) is 21.5. The number of ketones is 1. The number of esters is 1. The number of hydrogen-bond donors (Lipinski definition) is 0. The lowest BCUT2D eigenvalue weighted by Crippen LogP contribution is -2.15. The van der Waals surface area contributed by atoms with E-state index >= 15 is 0 Å². The monoisotopic (exact) mass is 413 g/mol. The van der Waals surface area contributed by atoms with E-state index in [9.17, 15) is 9.59 Å². The fraction of sp³-hybridized carbons (Fsp3) is 0.318. The van der Waals surface area contributed by atoms with Crippen molar-refractivity contribution < 1.29 is 32.6 Å². The number of nitrogens with zero attached hydrogens (tertiary/aromatic N) is 1. The number of hydrogen-bond acceptors (Lipinski definition) is 8. The molecule has 0 atom stereocenters. The van der Waals surface area contributed by atoms with E-state index in [1.54, 1.807) is 31.6 Å². The Morgan fingerprint density at radius 1 is 1.13 bits per heavy atom. The lowest BCUT2D eigenvalue weighted by atomic mass is 10.1. The van der Waals surface area contributed by atoms with Crippen molar-refractivity contribution in [1.82, 2.24) is 4.98 Å². The molecule has 3 rings (SSSR count). The summed E-state index contributed by atoms with van der Waals surface area (Å²) in [4.78, 5) is 27.1. The smallest absolute Gasteiger partial charge is 0.374 e. The molecule has 0 aliphatic heterocycles. The standard InChI is InChI=1S/C22H23NO7/c1-14-16(23-21(30-14)19-8-5-11-28-19)13-29-18-10-9-15(12-20(18)26-2)6-4-7-17(24)22(25)27-3/h5,8-12H,4,6-7,13H2,1-3H3. The normalized spacial score (nSPS) is 10.6. The van der Waals surface area contributed by atoms with E-state index in [-0.39, 0.29) is 13.0 Å². The molecule has 30 heavy (non-hydrogen) atoms. The quantitative estimate of drug-likeness (QED) is 0.364. The molecular weight excluding hydrogens is 390 g/mol. The Bertz CT molecular complexity index is 1000. The highest BCUT2D eigenvalue weighted by atomic mass is 16.5. The van der Waals surface area contributed by atoms with Crippen LogP contribution in [0.15, 0.2) is 45.4 Å². The van der Waals surface area contributed by atoms with Crippen LogP contribution in [-0.4, -0.2) is 31.0 Å². The molecule has 0 aliphatic rings. The number of methoxy groups -OCH3 is 2. The number of furan rings is 1. The maximum Gasteiger partial charge on any atom is 0.374 e. The van der Waals surface area contributed by atoms with Gasteiger partial charge >= 0.3 is 5.97 Å². The lowest BCUT2D eigenvalue weighted by molar-refractivity contribution is -0.151. The fourth-order valence-corrected chi connectivity index (χ4v) is 2.87.